The fraction of sp³-hybridized carbons (Fsp3) is 0.412. The molecule has 0 saturated carbocycles. The van der Waals surface area contributed by atoms with Gasteiger partial charge >= 0.3 is 11.9 Å². The zero-order chi connectivity index (χ0) is 15.9. The molecule has 0 bridgehead atoms. The van der Waals surface area contributed by atoms with Crippen molar-refractivity contribution in [2.24, 2.45) is 0 Å². The van der Waals surface area contributed by atoms with E-state index in [4.69, 9.17) is 9.47 Å². The minimum atomic E-state index is -0.699. The highest BCUT2D eigenvalue weighted by Gasteiger charge is 2.40. The highest BCUT2D eigenvalue weighted by Crippen LogP contribution is 2.45. The van der Waals surface area contributed by atoms with E-state index < -0.39 is 17.9 Å². The van der Waals surface area contributed by atoms with Crippen molar-refractivity contribution in [2.45, 2.75) is 33.6 Å². The van der Waals surface area contributed by atoms with Gasteiger partial charge in [-0.1, -0.05) is 6.07 Å². The van der Waals surface area contributed by atoms with Crippen molar-refractivity contribution in [3.8, 4) is 0 Å². The second-order valence-electron chi connectivity index (χ2n) is 5.39. The number of hydrogen-bond donors (Lipinski definition) is 0. The molecule has 1 unspecified atom stereocenters. The molecule has 1 aromatic carbocycles. The molecule has 0 spiro atoms. The van der Waals surface area contributed by atoms with Crippen molar-refractivity contribution in [1.82, 2.24) is 0 Å². The van der Waals surface area contributed by atoms with Crippen LogP contribution in [0.5, 0.6) is 0 Å². The fourth-order valence-electron chi connectivity index (χ4n) is 3.09. The van der Waals surface area contributed by atoms with Gasteiger partial charge in [0.05, 0.1) is 19.8 Å². The van der Waals surface area contributed by atoms with Crippen LogP contribution in [0, 0.1) is 20.8 Å². The van der Waals surface area contributed by atoms with Crippen LogP contribution in [0.1, 0.15) is 40.7 Å². The van der Waals surface area contributed by atoms with Crippen molar-refractivity contribution in [2.75, 3.05) is 14.2 Å². The smallest absolute Gasteiger partial charge is 0.335 e. The molecule has 0 aliphatic heterocycles. The minimum absolute atomic E-state index is 0.382. The molecule has 0 N–H and O–H groups in total. The Balaban J connectivity index is 2.78. The highest BCUT2D eigenvalue weighted by atomic mass is 16.5. The summed E-state index contributed by atoms with van der Waals surface area (Å²) in [5.41, 5.74) is 6.34. The maximum Gasteiger partial charge on any atom is 0.335 e. The van der Waals surface area contributed by atoms with E-state index in [0.717, 1.165) is 27.8 Å². The normalized spacial score (nSPS) is 16.8. The summed E-state index contributed by atoms with van der Waals surface area (Å²) in [4.78, 5) is 24.3. The first-order valence-electron chi connectivity index (χ1n) is 6.83. The van der Waals surface area contributed by atoms with Gasteiger partial charge in [0, 0.05) is 0 Å². The SMILES string of the molecule is COC(=O)C1=C(C)c2c(cc(C)c(C)c2C)C1C(=O)OC. The Labute approximate surface area is 124 Å². The topological polar surface area (TPSA) is 52.6 Å². The summed E-state index contributed by atoms with van der Waals surface area (Å²) in [5, 5.41) is 0. The van der Waals surface area contributed by atoms with Gasteiger partial charge in [-0.05, 0) is 61.1 Å². The predicted octanol–water partition coefficient (Wildman–Crippen LogP) is 2.83. The lowest BCUT2D eigenvalue weighted by Crippen LogP contribution is -2.20. The van der Waals surface area contributed by atoms with Gasteiger partial charge in [-0.2, -0.15) is 0 Å². The number of benzene rings is 1. The van der Waals surface area contributed by atoms with Crippen LogP contribution in [0.4, 0.5) is 0 Å². The standard InChI is InChI=1S/C17H20O4/c1-8-7-12-13(10(3)9(8)2)11(4)14(16(18)20-5)15(12)17(19)21-6/h7,15H,1-6H3. The van der Waals surface area contributed by atoms with E-state index in [1.54, 1.807) is 0 Å². The summed E-state index contributed by atoms with van der Waals surface area (Å²) in [5.74, 6) is -1.61. The molecule has 0 fully saturated rings. The first-order valence-corrected chi connectivity index (χ1v) is 6.83. The molecule has 1 aliphatic rings. The molecule has 0 amide bonds. The van der Waals surface area contributed by atoms with Crippen LogP contribution in [0.2, 0.25) is 0 Å². The fourth-order valence-corrected chi connectivity index (χ4v) is 3.09. The minimum Gasteiger partial charge on any atom is -0.468 e. The number of rotatable bonds is 2. The first kappa shape index (κ1) is 15.3. The molecule has 0 heterocycles. The van der Waals surface area contributed by atoms with Crippen LogP contribution in [-0.4, -0.2) is 26.2 Å². The van der Waals surface area contributed by atoms with Crippen LogP contribution in [0.25, 0.3) is 5.57 Å². The van der Waals surface area contributed by atoms with E-state index in [-0.39, 0.29) is 0 Å². The van der Waals surface area contributed by atoms with Crippen LogP contribution in [0.3, 0.4) is 0 Å². The Morgan fingerprint density at radius 1 is 1.00 bits per heavy atom. The van der Waals surface area contributed by atoms with Gasteiger partial charge in [-0.25, -0.2) is 4.79 Å². The predicted molar refractivity (Wildman–Crippen MR) is 80.0 cm³/mol. The summed E-state index contributed by atoms with van der Waals surface area (Å²) >= 11 is 0. The van der Waals surface area contributed by atoms with Crippen molar-refractivity contribution in [3.05, 3.63) is 39.5 Å². The number of carbonyl (C=O) groups is 2. The molecule has 1 atom stereocenters. The quantitative estimate of drug-likeness (QED) is 0.785. The number of esters is 2. The second kappa shape index (κ2) is 5.35. The van der Waals surface area contributed by atoms with Crippen molar-refractivity contribution in [3.63, 3.8) is 0 Å². The Hall–Kier alpha value is -2.10. The molecular weight excluding hydrogens is 268 g/mol. The molecule has 4 heteroatoms. The maximum absolute atomic E-state index is 12.2. The Bertz CT molecular complexity index is 668. The number of methoxy groups -OCH3 is 2. The number of aryl methyl sites for hydroxylation is 1. The number of ether oxygens (including phenoxy) is 2. The van der Waals surface area contributed by atoms with Gasteiger partial charge in [-0.15, -0.1) is 0 Å². The third-order valence-corrected chi connectivity index (χ3v) is 4.41. The van der Waals surface area contributed by atoms with Gasteiger partial charge in [-0.3, -0.25) is 4.79 Å². The van der Waals surface area contributed by atoms with Crippen LogP contribution in [-0.2, 0) is 19.1 Å². The lowest BCUT2D eigenvalue weighted by Gasteiger charge is -2.16. The zero-order valence-electron chi connectivity index (χ0n) is 13.3. The molecular formula is C17H20O4. The summed E-state index contributed by atoms with van der Waals surface area (Å²) in [6.45, 7) is 7.92. The number of fused-ring (bicyclic) bond motifs is 1. The molecule has 1 aliphatic carbocycles. The Morgan fingerprint density at radius 3 is 2.14 bits per heavy atom. The molecule has 2 rings (SSSR count). The van der Waals surface area contributed by atoms with Gasteiger partial charge < -0.3 is 9.47 Å². The monoisotopic (exact) mass is 288 g/mol. The maximum atomic E-state index is 12.2. The van der Waals surface area contributed by atoms with Gasteiger partial charge in [0.2, 0.25) is 0 Å². The largest absolute Gasteiger partial charge is 0.468 e. The third kappa shape index (κ3) is 2.15. The van der Waals surface area contributed by atoms with Gasteiger partial charge in [0.15, 0.2) is 0 Å². The average molecular weight is 288 g/mol. The summed E-state index contributed by atoms with van der Waals surface area (Å²) < 4.78 is 9.75. The van der Waals surface area contributed by atoms with Crippen LogP contribution < -0.4 is 0 Å². The molecule has 0 aromatic heterocycles. The van der Waals surface area contributed by atoms with Crippen molar-refractivity contribution < 1.29 is 19.1 Å². The van der Waals surface area contributed by atoms with E-state index in [1.165, 1.54) is 19.8 Å². The van der Waals surface area contributed by atoms with Crippen molar-refractivity contribution >= 4 is 17.5 Å². The molecule has 21 heavy (non-hydrogen) atoms. The Kier molecular flexibility index (Phi) is 3.90. The third-order valence-electron chi connectivity index (χ3n) is 4.41. The van der Waals surface area contributed by atoms with Gasteiger partial charge in [0.1, 0.15) is 5.92 Å². The second-order valence-corrected chi connectivity index (χ2v) is 5.39. The Morgan fingerprint density at radius 2 is 1.62 bits per heavy atom. The molecule has 1 aromatic rings. The molecule has 0 saturated heterocycles. The first-order chi connectivity index (χ1) is 9.84. The van der Waals surface area contributed by atoms with E-state index in [9.17, 15) is 9.59 Å². The summed E-state index contributed by atoms with van der Waals surface area (Å²) in [6.07, 6.45) is 0. The number of allylic oxidation sites excluding steroid dienone is 1. The molecule has 0 radical (unpaired) electrons. The molecule has 4 nitrogen and oxygen atoms in total. The lowest BCUT2D eigenvalue weighted by molar-refractivity contribution is -0.144. The summed E-state index contributed by atoms with van der Waals surface area (Å²) in [7, 11) is 2.65. The lowest BCUT2D eigenvalue weighted by atomic mass is 9.90. The van der Waals surface area contributed by atoms with E-state index in [1.807, 2.05) is 33.8 Å². The number of carbonyl (C=O) groups excluding carboxylic acids is 2. The zero-order valence-corrected chi connectivity index (χ0v) is 13.3. The van der Waals surface area contributed by atoms with E-state index >= 15 is 0 Å². The van der Waals surface area contributed by atoms with Crippen LogP contribution in [0.15, 0.2) is 11.6 Å². The summed E-state index contributed by atoms with van der Waals surface area (Å²) in [6, 6.07) is 1.97. The highest BCUT2D eigenvalue weighted by molar-refractivity contribution is 6.09. The number of hydrogen-bond acceptors (Lipinski definition) is 4. The van der Waals surface area contributed by atoms with E-state index in [2.05, 4.69) is 0 Å². The average Bonchev–Trinajstić information content (AvgIpc) is 2.76. The van der Waals surface area contributed by atoms with Gasteiger partial charge in [0.25, 0.3) is 0 Å². The molecule has 112 valence electrons. The van der Waals surface area contributed by atoms with Crippen LogP contribution >= 0.6 is 0 Å². The van der Waals surface area contributed by atoms with E-state index in [0.29, 0.717) is 5.57 Å². The van der Waals surface area contributed by atoms with Crippen molar-refractivity contribution in [1.29, 1.82) is 0 Å².